The van der Waals surface area contributed by atoms with Crippen LogP contribution in [0.15, 0.2) is 30.7 Å². The molecule has 4 rings (SSSR count). The Kier molecular flexibility index (Phi) is 5.11. The molecule has 0 unspecified atom stereocenters. The van der Waals surface area contributed by atoms with E-state index in [-0.39, 0.29) is 5.91 Å². The summed E-state index contributed by atoms with van der Waals surface area (Å²) in [5.74, 6) is -0.156. The molecule has 0 aliphatic rings. The molecule has 0 aliphatic carbocycles. The topological polar surface area (TPSA) is 86.1 Å². The second-order valence-electron chi connectivity index (χ2n) is 7.32. The highest BCUT2D eigenvalue weighted by molar-refractivity contribution is 5.93. The Morgan fingerprint density at radius 3 is 2.43 bits per heavy atom. The fraction of sp³-hybridized carbons (Fsp3) is 0.381. The molecule has 4 aromatic rings. The fourth-order valence-corrected chi connectivity index (χ4v) is 3.70. The van der Waals surface area contributed by atoms with E-state index in [1.165, 1.54) is 0 Å². The molecule has 1 amide bonds. The van der Waals surface area contributed by atoms with Gasteiger partial charge in [-0.15, -0.1) is 0 Å². The maximum absolute atomic E-state index is 13.1. The summed E-state index contributed by atoms with van der Waals surface area (Å²) in [5, 5.41) is 13.4. The third-order valence-electron chi connectivity index (χ3n) is 5.51. The van der Waals surface area contributed by atoms with Crippen molar-refractivity contribution in [1.82, 2.24) is 39.1 Å². The summed E-state index contributed by atoms with van der Waals surface area (Å²) in [7, 11) is 1.78. The van der Waals surface area contributed by atoms with Gasteiger partial charge in [0.05, 0.1) is 18.1 Å². The zero-order chi connectivity index (χ0) is 21.4. The molecule has 0 atom stereocenters. The van der Waals surface area contributed by atoms with Crippen molar-refractivity contribution in [2.75, 3.05) is 7.05 Å². The van der Waals surface area contributed by atoms with Crippen molar-refractivity contribution in [2.45, 2.75) is 47.3 Å². The van der Waals surface area contributed by atoms with Gasteiger partial charge in [-0.1, -0.05) is 0 Å². The maximum Gasteiger partial charge on any atom is 0.274 e. The van der Waals surface area contributed by atoms with Gasteiger partial charge >= 0.3 is 0 Å². The molecule has 0 saturated heterocycles. The third-order valence-corrected chi connectivity index (χ3v) is 5.51. The second-order valence-corrected chi connectivity index (χ2v) is 7.32. The maximum atomic E-state index is 13.1. The molecule has 0 saturated carbocycles. The molecule has 0 bridgehead atoms. The van der Waals surface area contributed by atoms with Gasteiger partial charge in [-0.25, -0.2) is 9.50 Å². The van der Waals surface area contributed by atoms with Crippen LogP contribution >= 0.6 is 0 Å². The first-order valence-electron chi connectivity index (χ1n) is 10.1. The summed E-state index contributed by atoms with van der Waals surface area (Å²) in [6.45, 7) is 10.2. The van der Waals surface area contributed by atoms with Crippen LogP contribution in [0.5, 0.6) is 0 Å². The van der Waals surface area contributed by atoms with Gasteiger partial charge in [-0.05, 0) is 33.8 Å². The fourth-order valence-electron chi connectivity index (χ4n) is 3.70. The van der Waals surface area contributed by atoms with Crippen LogP contribution in [-0.2, 0) is 19.6 Å². The highest BCUT2D eigenvalue weighted by atomic mass is 16.2. The van der Waals surface area contributed by atoms with E-state index in [2.05, 4.69) is 27.2 Å². The molecule has 0 spiro atoms. The molecule has 9 nitrogen and oxygen atoms in total. The van der Waals surface area contributed by atoms with Crippen molar-refractivity contribution in [3.63, 3.8) is 0 Å². The SMILES string of the molecule is CCn1ncc(CN(C)C(=O)c2cc3nccc(-c4cnn(CC)c4C)n3n2)c1C. The first-order valence-corrected chi connectivity index (χ1v) is 10.1. The summed E-state index contributed by atoms with van der Waals surface area (Å²) in [6, 6.07) is 3.62. The van der Waals surface area contributed by atoms with E-state index in [4.69, 9.17) is 0 Å². The lowest BCUT2D eigenvalue weighted by Crippen LogP contribution is -2.26. The number of aryl methyl sites for hydroxylation is 2. The molecular weight excluding hydrogens is 380 g/mol. The highest BCUT2D eigenvalue weighted by Gasteiger charge is 2.20. The molecular formula is C21H26N8O. The number of rotatable bonds is 6. The predicted molar refractivity (Wildman–Crippen MR) is 113 cm³/mol. The summed E-state index contributed by atoms with van der Waals surface area (Å²) in [4.78, 5) is 19.1. The molecule has 0 aromatic carbocycles. The molecule has 30 heavy (non-hydrogen) atoms. The molecule has 0 radical (unpaired) electrons. The Morgan fingerprint density at radius 1 is 1.07 bits per heavy atom. The van der Waals surface area contributed by atoms with Crippen molar-refractivity contribution < 1.29 is 4.79 Å². The Bertz CT molecular complexity index is 1220. The number of aromatic nitrogens is 7. The van der Waals surface area contributed by atoms with E-state index in [9.17, 15) is 4.79 Å². The van der Waals surface area contributed by atoms with E-state index in [0.29, 0.717) is 17.9 Å². The molecule has 0 N–H and O–H groups in total. The second kappa shape index (κ2) is 7.74. The Morgan fingerprint density at radius 2 is 1.77 bits per heavy atom. The Labute approximate surface area is 174 Å². The lowest BCUT2D eigenvalue weighted by molar-refractivity contribution is 0.0778. The largest absolute Gasteiger partial charge is 0.336 e. The smallest absolute Gasteiger partial charge is 0.274 e. The zero-order valence-electron chi connectivity index (χ0n) is 18.0. The first-order chi connectivity index (χ1) is 14.4. The van der Waals surface area contributed by atoms with E-state index in [0.717, 1.165) is 41.3 Å². The van der Waals surface area contributed by atoms with Gasteiger partial charge in [-0.3, -0.25) is 14.2 Å². The van der Waals surface area contributed by atoms with Gasteiger partial charge in [-0.2, -0.15) is 15.3 Å². The van der Waals surface area contributed by atoms with Crippen LogP contribution in [-0.4, -0.2) is 52.0 Å². The molecule has 0 fully saturated rings. The minimum Gasteiger partial charge on any atom is -0.336 e. The number of fused-ring (bicyclic) bond motifs is 1. The van der Waals surface area contributed by atoms with Crippen molar-refractivity contribution in [3.8, 4) is 11.3 Å². The standard InChI is InChI=1S/C21H26N8O/c1-6-27-14(3)16(11-23-27)13-26(5)21(30)18-10-20-22-9-8-19(29(20)25-18)17-12-24-28(7-2)15(17)4/h8-12H,6-7,13H2,1-5H3. The number of hydrogen-bond acceptors (Lipinski definition) is 5. The average Bonchev–Trinajstić information content (AvgIpc) is 3.44. The predicted octanol–water partition coefficient (Wildman–Crippen LogP) is 2.72. The average molecular weight is 406 g/mol. The van der Waals surface area contributed by atoms with E-state index in [1.807, 2.05) is 48.6 Å². The quantitative estimate of drug-likeness (QED) is 0.491. The number of carbonyl (C=O) groups excluding carboxylic acids is 1. The van der Waals surface area contributed by atoms with Crippen LogP contribution in [0.4, 0.5) is 0 Å². The van der Waals surface area contributed by atoms with Gasteiger partial charge < -0.3 is 4.90 Å². The van der Waals surface area contributed by atoms with Gasteiger partial charge in [0.2, 0.25) is 0 Å². The van der Waals surface area contributed by atoms with Crippen molar-refractivity contribution in [2.24, 2.45) is 0 Å². The number of hydrogen-bond donors (Lipinski definition) is 0. The van der Waals surface area contributed by atoms with Gasteiger partial charge in [0.1, 0.15) is 0 Å². The van der Waals surface area contributed by atoms with Crippen LogP contribution in [0, 0.1) is 13.8 Å². The molecule has 4 aromatic heterocycles. The summed E-state index contributed by atoms with van der Waals surface area (Å²) >= 11 is 0. The van der Waals surface area contributed by atoms with Crippen LogP contribution in [0.25, 0.3) is 16.9 Å². The number of nitrogens with zero attached hydrogens (tertiary/aromatic N) is 8. The van der Waals surface area contributed by atoms with Crippen molar-refractivity contribution in [3.05, 3.63) is 53.4 Å². The molecule has 156 valence electrons. The molecule has 9 heteroatoms. The van der Waals surface area contributed by atoms with E-state index < -0.39 is 0 Å². The summed E-state index contributed by atoms with van der Waals surface area (Å²) < 4.78 is 5.57. The lowest BCUT2D eigenvalue weighted by atomic mass is 10.2. The van der Waals surface area contributed by atoms with Gasteiger partial charge in [0, 0.05) is 61.5 Å². The first kappa shape index (κ1) is 19.8. The summed E-state index contributed by atoms with van der Waals surface area (Å²) in [5.41, 5.74) is 5.97. The van der Waals surface area contributed by atoms with E-state index >= 15 is 0 Å². The Hall–Kier alpha value is -3.49. The highest BCUT2D eigenvalue weighted by Crippen LogP contribution is 2.24. The molecule has 4 heterocycles. The third kappa shape index (κ3) is 3.26. The van der Waals surface area contributed by atoms with Crippen LogP contribution < -0.4 is 0 Å². The minimum atomic E-state index is -0.156. The molecule has 0 aliphatic heterocycles. The minimum absolute atomic E-state index is 0.156. The van der Waals surface area contributed by atoms with Gasteiger partial charge in [0.15, 0.2) is 11.3 Å². The van der Waals surface area contributed by atoms with Crippen molar-refractivity contribution in [1.29, 1.82) is 0 Å². The van der Waals surface area contributed by atoms with E-state index in [1.54, 1.807) is 28.7 Å². The number of amides is 1. The monoisotopic (exact) mass is 406 g/mol. The normalized spacial score (nSPS) is 11.4. The lowest BCUT2D eigenvalue weighted by Gasteiger charge is -2.15. The summed E-state index contributed by atoms with van der Waals surface area (Å²) in [6.07, 6.45) is 5.38. The van der Waals surface area contributed by atoms with Crippen LogP contribution in [0.2, 0.25) is 0 Å². The number of carbonyl (C=O) groups is 1. The van der Waals surface area contributed by atoms with Crippen molar-refractivity contribution >= 4 is 11.6 Å². The zero-order valence-corrected chi connectivity index (χ0v) is 18.0. The Balaban J connectivity index is 1.65. The van der Waals surface area contributed by atoms with Crippen LogP contribution in [0.3, 0.4) is 0 Å². The van der Waals surface area contributed by atoms with Gasteiger partial charge in [0.25, 0.3) is 5.91 Å². The van der Waals surface area contributed by atoms with Crippen LogP contribution in [0.1, 0.15) is 41.3 Å².